The topological polar surface area (TPSA) is 104 Å². The first-order valence-electron chi connectivity index (χ1n) is 7.23. The van der Waals surface area contributed by atoms with E-state index in [2.05, 4.69) is 10.3 Å². The van der Waals surface area contributed by atoms with Crippen LogP contribution < -0.4 is 14.8 Å². The van der Waals surface area contributed by atoms with Crippen LogP contribution >= 0.6 is 23.1 Å². The lowest BCUT2D eigenvalue weighted by molar-refractivity contribution is -0.385. The Hall–Kier alpha value is -2.33. The summed E-state index contributed by atoms with van der Waals surface area (Å²) in [6.45, 7) is 3.93. The van der Waals surface area contributed by atoms with Gasteiger partial charge in [0.15, 0.2) is 16.6 Å². The molecule has 134 valence electrons. The highest BCUT2D eigenvalue weighted by molar-refractivity contribution is 8.00. The highest BCUT2D eigenvalue weighted by Gasteiger charge is 2.25. The molecule has 0 aliphatic rings. The van der Waals surface area contributed by atoms with Crippen LogP contribution in [0.5, 0.6) is 11.5 Å². The van der Waals surface area contributed by atoms with Gasteiger partial charge in [-0.2, -0.15) is 0 Å². The summed E-state index contributed by atoms with van der Waals surface area (Å²) in [5.74, 6) is -0.169. The molecule has 1 amide bonds. The number of aromatic nitrogens is 1. The molecule has 1 heterocycles. The molecule has 25 heavy (non-hydrogen) atoms. The van der Waals surface area contributed by atoms with Crippen molar-refractivity contribution in [1.82, 2.24) is 4.98 Å². The number of anilines is 1. The van der Waals surface area contributed by atoms with Crippen molar-refractivity contribution >= 4 is 39.8 Å². The summed E-state index contributed by atoms with van der Waals surface area (Å²) in [4.78, 5) is 27.5. The number of nitrogens with one attached hydrogen (secondary N) is 1. The number of rotatable bonds is 7. The van der Waals surface area contributed by atoms with Gasteiger partial charge in [0, 0.05) is 6.07 Å². The predicted octanol–water partition coefficient (Wildman–Crippen LogP) is 3.74. The number of nitro benzene ring substituents is 1. The molecule has 0 saturated carbocycles. The molecule has 2 rings (SSSR count). The molecule has 0 atom stereocenters. The van der Waals surface area contributed by atoms with Crippen molar-refractivity contribution in [3.05, 3.63) is 33.5 Å². The number of thiazole rings is 1. The number of nitrogens with zero attached hydrogens (tertiary/aromatic N) is 2. The summed E-state index contributed by atoms with van der Waals surface area (Å²) in [5.41, 5.74) is 0.316. The smallest absolute Gasteiger partial charge is 0.286 e. The number of benzene rings is 1. The SMILES string of the molecule is CCOc1cc(C(=O)Nc2nc(C)c(SC)s2)c([N+](=O)[O-])cc1OC. The quantitative estimate of drug-likeness (QED) is 0.441. The molecule has 2 aromatic rings. The maximum atomic E-state index is 12.6. The van der Waals surface area contributed by atoms with E-state index in [0.29, 0.717) is 11.7 Å². The fraction of sp³-hybridized carbons (Fsp3) is 0.333. The van der Waals surface area contributed by atoms with Crippen LogP contribution in [0.2, 0.25) is 0 Å². The minimum Gasteiger partial charge on any atom is -0.493 e. The van der Waals surface area contributed by atoms with Crippen LogP contribution in [0.15, 0.2) is 16.3 Å². The third-order valence-corrected chi connectivity index (χ3v) is 5.47. The van der Waals surface area contributed by atoms with Gasteiger partial charge in [-0.3, -0.25) is 20.2 Å². The van der Waals surface area contributed by atoms with Gasteiger partial charge in [0.25, 0.3) is 11.6 Å². The van der Waals surface area contributed by atoms with Crippen molar-refractivity contribution < 1.29 is 19.2 Å². The molecular weight excluding hydrogens is 366 g/mol. The molecule has 0 saturated heterocycles. The van der Waals surface area contributed by atoms with E-state index in [1.165, 1.54) is 42.3 Å². The molecule has 0 fully saturated rings. The minimum absolute atomic E-state index is 0.118. The van der Waals surface area contributed by atoms with E-state index >= 15 is 0 Å². The molecule has 0 bridgehead atoms. The molecule has 8 nitrogen and oxygen atoms in total. The minimum atomic E-state index is -0.631. The molecular formula is C15H17N3O5S2. The average Bonchev–Trinajstić information content (AvgIpc) is 2.93. The van der Waals surface area contributed by atoms with Crippen molar-refractivity contribution in [2.75, 3.05) is 25.3 Å². The number of carbonyl (C=O) groups excluding carboxylic acids is 1. The zero-order valence-electron chi connectivity index (χ0n) is 14.1. The van der Waals surface area contributed by atoms with Crippen LogP contribution in [0, 0.1) is 17.0 Å². The van der Waals surface area contributed by atoms with Crippen LogP contribution in [0.4, 0.5) is 10.8 Å². The van der Waals surface area contributed by atoms with Crippen LogP contribution in [0.1, 0.15) is 23.0 Å². The molecule has 0 spiro atoms. The fourth-order valence-corrected chi connectivity index (χ4v) is 3.71. The van der Waals surface area contributed by atoms with Gasteiger partial charge in [-0.15, -0.1) is 11.8 Å². The monoisotopic (exact) mass is 383 g/mol. The Morgan fingerprint density at radius 1 is 1.44 bits per heavy atom. The van der Waals surface area contributed by atoms with Crippen LogP contribution in [0.3, 0.4) is 0 Å². The van der Waals surface area contributed by atoms with Crippen molar-refractivity contribution in [1.29, 1.82) is 0 Å². The number of thioether (sulfide) groups is 1. The van der Waals surface area contributed by atoms with E-state index in [-0.39, 0.29) is 22.7 Å². The van der Waals surface area contributed by atoms with Crippen molar-refractivity contribution in [2.24, 2.45) is 0 Å². The van der Waals surface area contributed by atoms with Gasteiger partial charge in [0.2, 0.25) is 0 Å². The third kappa shape index (κ3) is 4.20. The Labute approximate surface area is 152 Å². The Morgan fingerprint density at radius 2 is 2.16 bits per heavy atom. The first kappa shape index (κ1) is 19.0. The molecule has 0 aliphatic carbocycles. The summed E-state index contributed by atoms with van der Waals surface area (Å²) in [6.07, 6.45) is 1.91. The van der Waals surface area contributed by atoms with Crippen molar-refractivity contribution in [2.45, 2.75) is 18.1 Å². The highest BCUT2D eigenvalue weighted by atomic mass is 32.2. The van der Waals surface area contributed by atoms with Crippen LogP contribution in [0.25, 0.3) is 0 Å². The zero-order valence-corrected chi connectivity index (χ0v) is 15.7. The number of carbonyl (C=O) groups is 1. The van der Waals surface area contributed by atoms with Gasteiger partial charge in [0.1, 0.15) is 5.56 Å². The number of aryl methyl sites for hydroxylation is 1. The molecule has 1 aromatic heterocycles. The maximum absolute atomic E-state index is 12.6. The molecule has 0 aliphatic heterocycles. The van der Waals surface area contributed by atoms with E-state index < -0.39 is 10.8 Å². The van der Waals surface area contributed by atoms with Gasteiger partial charge < -0.3 is 9.47 Å². The van der Waals surface area contributed by atoms with Crippen molar-refractivity contribution in [3.8, 4) is 11.5 Å². The Balaban J connectivity index is 2.42. The highest BCUT2D eigenvalue weighted by Crippen LogP contribution is 2.36. The predicted molar refractivity (Wildman–Crippen MR) is 97.4 cm³/mol. The molecule has 0 radical (unpaired) electrons. The first-order valence-corrected chi connectivity index (χ1v) is 9.27. The average molecular weight is 383 g/mol. The fourth-order valence-electron chi connectivity index (χ4n) is 2.10. The summed E-state index contributed by atoms with van der Waals surface area (Å²) < 4.78 is 11.5. The normalized spacial score (nSPS) is 10.4. The second-order valence-corrected chi connectivity index (χ2v) is 6.83. The first-order chi connectivity index (χ1) is 11.9. The molecule has 0 unspecified atom stereocenters. The summed E-state index contributed by atoms with van der Waals surface area (Å²) >= 11 is 2.83. The summed E-state index contributed by atoms with van der Waals surface area (Å²) in [5, 5.41) is 14.3. The maximum Gasteiger partial charge on any atom is 0.286 e. The van der Waals surface area contributed by atoms with Crippen LogP contribution in [-0.4, -0.2) is 35.8 Å². The lowest BCUT2D eigenvalue weighted by Gasteiger charge is -2.11. The molecule has 10 heteroatoms. The summed E-state index contributed by atoms with van der Waals surface area (Å²) in [7, 11) is 1.38. The van der Waals surface area contributed by atoms with E-state index in [1.807, 2.05) is 13.2 Å². The van der Waals surface area contributed by atoms with E-state index in [9.17, 15) is 14.9 Å². The van der Waals surface area contributed by atoms with Gasteiger partial charge in [-0.1, -0.05) is 11.3 Å². The number of hydrogen-bond acceptors (Lipinski definition) is 8. The second kappa shape index (κ2) is 8.17. The standard InChI is InChI=1S/C15H17N3O5S2/c1-5-23-12-6-9(10(18(20)21)7-11(12)22-3)13(19)17-15-16-8(2)14(24-4)25-15/h6-7H,5H2,1-4H3,(H,16,17,19). The zero-order chi connectivity index (χ0) is 18.6. The number of methoxy groups -OCH3 is 1. The van der Waals surface area contributed by atoms with E-state index in [0.717, 1.165) is 9.90 Å². The van der Waals surface area contributed by atoms with E-state index in [1.54, 1.807) is 6.92 Å². The molecule has 1 aromatic carbocycles. The Kier molecular flexibility index (Phi) is 6.21. The van der Waals surface area contributed by atoms with Gasteiger partial charge in [0.05, 0.1) is 34.6 Å². The third-order valence-electron chi connectivity index (χ3n) is 3.18. The number of amides is 1. The lowest BCUT2D eigenvalue weighted by Crippen LogP contribution is -2.14. The largest absolute Gasteiger partial charge is 0.493 e. The summed E-state index contributed by atoms with van der Waals surface area (Å²) in [6, 6.07) is 2.49. The van der Waals surface area contributed by atoms with Crippen molar-refractivity contribution in [3.63, 3.8) is 0 Å². The lowest BCUT2D eigenvalue weighted by atomic mass is 10.1. The number of ether oxygens (including phenoxy) is 2. The molecule has 1 N–H and O–H groups in total. The number of nitro groups is 1. The second-order valence-electron chi connectivity index (χ2n) is 4.76. The van der Waals surface area contributed by atoms with E-state index in [4.69, 9.17) is 9.47 Å². The van der Waals surface area contributed by atoms with Gasteiger partial charge in [-0.05, 0) is 20.1 Å². The van der Waals surface area contributed by atoms with Crippen LogP contribution in [-0.2, 0) is 0 Å². The van der Waals surface area contributed by atoms with Gasteiger partial charge in [-0.25, -0.2) is 4.98 Å². The Morgan fingerprint density at radius 3 is 2.68 bits per heavy atom. The Bertz CT molecular complexity index is 807. The van der Waals surface area contributed by atoms with Gasteiger partial charge >= 0.3 is 0 Å². The number of hydrogen-bond donors (Lipinski definition) is 1.